The molecule has 4 aromatic heterocycles. The zero-order chi connectivity index (χ0) is 60.5. The summed E-state index contributed by atoms with van der Waals surface area (Å²) >= 11 is 0. The molecule has 4 N–H and O–H groups in total. The van der Waals surface area contributed by atoms with Gasteiger partial charge in [-0.1, -0.05) is 30.3 Å². The van der Waals surface area contributed by atoms with Crippen LogP contribution in [0.3, 0.4) is 0 Å². The fraction of sp³-hybridized carbons (Fsp3) is 0.222. The van der Waals surface area contributed by atoms with E-state index < -0.39 is 47.7 Å². The molecule has 0 bridgehead atoms. The van der Waals surface area contributed by atoms with Crippen LogP contribution in [0, 0.1) is 54.8 Å². The van der Waals surface area contributed by atoms with E-state index in [4.69, 9.17) is 10.8 Å². The number of hydrogen-bond donors (Lipinski definition) is 3. The van der Waals surface area contributed by atoms with E-state index in [1.54, 1.807) is 100 Å². The van der Waals surface area contributed by atoms with Gasteiger partial charge < -0.3 is 49.1 Å². The number of nitro groups is 2. The minimum Gasteiger partial charge on any atom is -0.502 e. The van der Waals surface area contributed by atoms with Crippen molar-refractivity contribution in [3.8, 4) is 28.7 Å². The predicted octanol–water partition coefficient (Wildman–Crippen LogP) is 13.6. The second-order valence-corrected chi connectivity index (χ2v) is 17.5. The van der Waals surface area contributed by atoms with E-state index in [9.17, 15) is 55.4 Å². The number of nitrogens with two attached hydrogens (primary N) is 1. The van der Waals surface area contributed by atoms with Crippen molar-refractivity contribution in [3.05, 3.63) is 176 Å². The topological polar surface area (TPSA) is 246 Å². The highest BCUT2D eigenvalue weighted by Gasteiger charge is 2.20. The number of imidazole rings is 2. The average Bonchev–Trinajstić information content (AvgIpc) is 4.19. The summed E-state index contributed by atoms with van der Waals surface area (Å²) in [4.78, 5) is 37.9. The van der Waals surface area contributed by atoms with Crippen LogP contribution in [0.25, 0.3) is 22.1 Å². The molecule has 5 aromatic carbocycles. The Labute approximate surface area is 462 Å². The van der Waals surface area contributed by atoms with E-state index in [2.05, 4.69) is 44.2 Å². The Balaban J connectivity index is 0.000000194. The minimum absolute atomic E-state index is 0.0324. The van der Waals surface area contributed by atoms with E-state index in [-0.39, 0.29) is 34.4 Å². The summed E-state index contributed by atoms with van der Waals surface area (Å²) in [5.74, 6) is 0.685. The predicted molar refractivity (Wildman–Crippen MR) is 290 cm³/mol. The number of halogens is 8. The minimum atomic E-state index is -3.06. The summed E-state index contributed by atoms with van der Waals surface area (Å²) in [5.41, 5.74) is 13.1. The highest BCUT2D eigenvalue weighted by atomic mass is 19.3. The first kappa shape index (κ1) is 62.8. The third kappa shape index (κ3) is 18.3. The largest absolute Gasteiger partial charge is 0.502 e. The number of fused-ring (bicyclic) bond motifs is 2. The number of phenols is 1. The maximum Gasteiger partial charge on any atom is 0.387 e. The van der Waals surface area contributed by atoms with Gasteiger partial charge in [-0.25, -0.2) is 19.9 Å². The van der Waals surface area contributed by atoms with Gasteiger partial charge in [-0.2, -0.15) is 35.1 Å². The Bertz CT molecular complexity index is 3630. The van der Waals surface area contributed by atoms with E-state index in [0.717, 1.165) is 50.4 Å². The number of benzene rings is 5. The third-order valence-electron chi connectivity index (χ3n) is 11.1. The van der Waals surface area contributed by atoms with Crippen molar-refractivity contribution in [2.24, 2.45) is 14.1 Å². The maximum atomic E-state index is 12.6. The fourth-order valence-corrected chi connectivity index (χ4v) is 7.17. The molecule has 82 heavy (non-hydrogen) atoms. The Hall–Kier alpha value is -10.0. The first-order chi connectivity index (χ1) is 38.7. The number of phenolic OH excluding ortho intramolecular Hbond substituents is 1. The molecule has 0 radical (unpaired) electrons. The molecule has 20 nitrogen and oxygen atoms in total. The average molecular weight is 1150 g/mol. The monoisotopic (exact) mass is 1150 g/mol. The molecular weight excluding hydrogens is 1100 g/mol. The Morgan fingerprint density at radius 1 is 0.549 bits per heavy atom. The van der Waals surface area contributed by atoms with E-state index in [0.29, 0.717) is 28.6 Å². The molecule has 0 spiro atoms. The van der Waals surface area contributed by atoms with Crippen LogP contribution in [0.1, 0.15) is 27.8 Å². The summed E-state index contributed by atoms with van der Waals surface area (Å²) in [5, 5.41) is 32.6. The summed E-state index contributed by atoms with van der Waals surface area (Å²) in [7, 11) is 5.51. The van der Waals surface area contributed by atoms with E-state index in [1.807, 2.05) is 55.3 Å². The molecule has 0 atom stereocenters. The molecule has 0 fully saturated rings. The number of anilines is 5. The van der Waals surface area contributed by atoms with Gasteiger partial charge in [0.15, 0.2) is 5.75 Å². The molecule has 434 valence electrons. The molecule has 0 unspecified atom stereocenters. The van der Waals surface area contributed by atoms with Gasteiger partial charge in [0.25, 0.3) is 0 Å². The standard InChI is InChI=1S/C16H16F2N4O.C15H14F2N4O.C8H7F2NO3.C8H9F2NO.C7H7NO3/c1-10-4-5-12(14(6-10)23-16(17)18)22(3)15-7-13-11(8-19-15)20-9-21(13)2;1-9-3-4-10(13(5-9)22-15(16)17)20-14-6-12-11(7-18-14)19-8-21(12)2;1-5-2-3-6(11(12)13)7(4-5)14-8(9)10;1-5-2-3-6(11)7(4-5)12-8(9)10;1-5-2-3-6(8(10)11)7(9)4-5/h4-9,16H,1-3H3;3-8,15H,1-2H3,(H,18,20);2-4,8H,1H3;2-4,8H,11H2,1H3;2-4,9H,1H3. The highest BCUT2D eigenvalue weighted by Crippen LogP contribution is 2.35. The van der Waals surface area contributed by atoms with Crippen LogP contribution in [-0.4, -0.2) is 77.5 Å². The lowest BCUT2D eigenvalue weighted by molar-refractivity contribution is -0.386. The van der Waals surface area contributed by atoms with Crippen molar-refractivity contribution in [1.29, 1.82) is 0 Å². The molecule has 0 aliphatic rings. The zero-order valence-corrected chi connectivity index (χ0v) is 44.8. The summed E-state index contributed by atoms with van der Waals surface area (Å²) < 4.78 is 119. The number of ether oxygens (including phenoxy) is 4. The zero-order valence-electron chi connectivity index (χ0n) is 44.8. The molecular formula is C54H53F8N11O9. The Morgan fingerprint density at radius 2 is 0.976 bits per heavy atom. The van der Waals surface area contributed by atoms with Gasteiger partial charge >= 0.3 is 37.8 Å². The number of pyridine rings is 2. The van der Waals surface area contributed by atoms with Crippen LogP contribution < -0.4 is 34.9 Å². The van der Waals surface area contributed by atoms with Crippen LogP contribution in [0.4, 0.5) is 75.2 Å². The van der Waals surface area contributed by atoms with Crippen LogP contribution in [0.5, 0.6) is 28.7 Å². The lowest BCUT2D eigenvalue weighted by atomic mass is 10.2. The molecule has 9 rings (SSSR count). The van der Waals surface area contributed by atoms with Crippen molar-refractivity contribution in [2.45, 2.75) is 61.1 Å². The van der Waals surface area contributed by atoms with Gasteiger partial charge in [0.2, 0.25) is 5.75 Å². The summed E-state index contributed by atoms with van der Waals surface area (Å²) in [6.07, 6.45) is 6.67. The fourth-order valence-electron chi connectivity index (χ4n) is 7.17. The number of nitrogens with zero attached hydrogens (tertiary/aromatic N) is 9. The third-order valence-corrected chi connectivity index (χ3v) is 11.1. The molecule has 0 saturated heterocycles. The number of aromatic nitrogens is 6. The van der Waals surface area contributed by atoms with Crippen molar-refractivity contribution >= 4 is 62.1 Å². The number of nitro benzene ring substituents is 2. The van der Waals surface area contributed by atoms with Gasteiger partial charge in [0.05, 0.1) is 63.0 Å². The van der Waals surface area contributed by atoms with Crippen LogP contribution in [0.2, 0.25) is 0 Å². The van der Waals surface area contributed by atoms with Gasteiger partial charge in [-0.05, 0) is 111 Å². The van der Waals surface area contributed by atoms with Crippen LogP contribution in [0.15, 0.2) is 128 Å². The number of nitrogens with one attached hydrogen (secondary N) is 1. The van der Waals surface area contributed by atoms with Crippen molar-refractivity contribution in [3.63, 3.8) is 0 Å². The molecule has 0 aliphatic heterocycles. The maximum absolute atomic E-state index is 12.6. The highest BCUT2D eigenvalue weighted by molar-refractivity contribution is 5.80. The van der Waals surface area contributed by atoms with Gasteiger partial charge in [-0.3, -0.25) is 20.2 Å². The lowest BCUT2D eigenvalue weighted by Gasteiger charge is -2.22. The molecule has 0 aliphatic carbocycles. The van der Waals surface area contributed by atoms with Crippen molar-refractivity contribution in [1.82, 2.24) is 29.1 Å². The Kier molecular flexibility index (Phi) is 22.0. The summed E-state index contributed by atoms with van der Waals surface area (Å²) in [6, 6.07) is 26.6. The van der Waals surface area contributed by atoms with E-state index >= 15 is 0 Å². The SMILES string of the molecule is Cc1ccc(N(C)c2cc3c(cn2)ncn3C)c(OC(F)F)c1.Cc1ccc(N)c(OC(F)F)c1.Cc1ccc(Nc2cc3c(cn2)ncn3C)c(OC(F)F)c1.Cc1ccc([N+](=O)[O-])c(O)c1.Cc1ccc([N+](=O)[O-])c(OC(F)F)c1. The van der Waals surface area contributed by atoms with Crippen LogP contribution in [-0.2, 0) is 14.1 Å². The number of nitrogen functional groups attached to an aromatic ring is 1. The quantitative estimate of drug-likeness (QED) is 0.0396. The molecule has 0 amide bonds. The molecule has 4 heterocycles. The lowest BCUT2D eigenvalue weighted by Crippen LogP contribution is -2.14. The van der Waals surface area contributed by atoms with Crippen molar-refractivity contribution in [2.75, 3.05) is 23.0 Å². The van der Waals surface area contributed by atoms with Gasteiger partial charge in [0, 0.05) is 45.4 Å². The second kappa shape index (κ2) is 28.7. The molecule has 28 heteroatoms. The normalized spacial score (nSPS) is 10.7. The van der Waals surface area contributed by atoms with Gasteiger partial charge in [0.1, 0.15) is 39.9 Å². The van der Waals surface area contributed by atoms with Crippen LogP contribution >= 0.6 is 0 Å². The Morgan fingerprint density at radius 3 is 1.52 bits per heavy atom. The first-order valence-corrected chi connectivity index (χ1v) is 23.8. The second-order valence-electron chi connectivity index (χ2n) is 17.5. The molecule has 0 saturated carbocycles. The van der Waals surface area contributed by atoms with E-state index in [1.165, 1.54) is 36.4 Å². The first-order valence-electron chi connectivity index (χ1n) is 23.8. The number of rotatable bonds is 14. The summed E-state index contributed by atoms with van der Waals surface area (Å²) in [6.45, 7) is -2.86. The number of hydrogen-bond acceptors (Lipinski definition) is 16. The molecule has 9 aromatic rings. The number of aryl methyl sites for hydroxylation is 7. The van der Waals surface area contributed by atoms with Gasteiger partial charge in [-0.15, -0.1) is 0 Å². The smallest absolute Gasteiger partial charge is 0.387 e. The number of aromatic hydroxyl groups is 1. The number of alkyl halides is 8. The van der Waals surface area contributed by atoms with Crippen molar-refractivity contribution < 1.29 is 69.0 Å².